The number of aryl methyl sites for hydroxylation is 1. The van der Waals surface area contributed by atoms with E-state index in [1.54, 1.807) is 6.92 Å². The maximum absolute atomic E-state index is 12.7. The highest BCUT2D eigenvalue weighted by molar-refractivity contribution is 7.48. The van der Waals surface area contributed by atoms with E-state index in [4.69, 9.17) is 18.3 Å². The van der Waals surface area contributed by atoms with Crippen molar-refractivity contribution < 1.29 is 22.9 Å². The molecule has 1 aromatic rings. The molecule has 2 aliphatic heterocycles. The first kappa shape index (κ1) is 21.5. The van der Waals surface area contributed by atoms with Gasteiger partial charge in [0.25, 0.3) is 5.56 Å². The Bertz CT molecular complexity index is 821. The molecule has 0 aromatic carbocycles. The summed E-state index contributed by atoms with van der Waals surface area (Å²) in [6.45, 7) is 4.18. The zero-order valence-electron chi connectivity index (χ0n) is 16.4. The third-order valence-electron chi connectivity index (χ3n) is 5.05. The van der Waals surface area contributed by atoms with E-state index in [9.17, 15) is 14.2 Å². The van der Waals surface area contributed by atoms with Gasteiger partial charge in [0.05, 0.1) is 13.2 Å². The molecule has 10 heteroatoms. The van der Waals surface area contributed by atoms with Crippen LogP contribution in [0.4, 0.5) is 0 Å². The van der Waals surface area contributed by atoms with Crippen LogP contribution >= 0.6 is 7.82 Å². The van der Waals surface area contributed by atoms with Gasteiger partial charge in [-0.15, -0.1) is 0 Å². The number of fused-ring (bicyclic) bond motifs is 1. The van der Waals surface area contributed by atoms with Crippen LogP contribution in [-0.4, -0.2) is 35.0 Å². The lowest BCUT2D eigenvalue weighted by atomic mass is 10.1. The molecule has 2 saturated heterocycles. The van der Waals surface area contributed by atoms with Gasteiger partial charge in [-0.05, 0) is 13.3 Å². The number of ether oxygens (including phenoxy) is 1. The van der Waals surface area contributed by atoms with Crippen molar-refractivity contribution in [3.63, 3.8) is 0 Å². The summed E-state index contributed by atoms with van der Waals surface area (Å²) >= 11 is 0. The lowest BCUT2D eigenvalue weighted by Crippen LogP contribution is -2.34. The van der Waals surface area contributed by atoms with Gasteiger partial charge in [0.1, 0.15) is 18.4 Å². The third kappa shape index (κ3) is 5.21. The molecule has 1 N–H and O–H groups in total. The Hall–Kier alpha value is -1.25. The SMILES string of the molecule is CCCCCCCCOP1(=O)OC[C@H]2OC(n3cc(C)c(=O)[nH]c3=O)C[C@@H]2O1. The molecule has 0 bridgehead atoms. The largest absolute Gasteiger partial charge is 0.475 e. The molecule has 4 atom stereocenters. The van der Waals surface area contributed by atoms with Gasteiger partial charge < -0.3 is 4.74 Å². The van der Waals surface area contributed by atoms with Gasteiger partial charge in [-0.1, -0.05) is 39.0 Å². The quantitative estimate of drug-likeness (QED) is 0.487. The minimum absolute atomic E-state index is 0.0754. The molecule has 0 spiro atoms. The number of aromatic amines is 1. The Morgan fingerprint density at radius 2 is 1.96 bits per heavy atom. The fourth-order valence-electron chi connectivity index (χ4n) is 3.42. The second-order valence-corrected chi connectivity index (χ2v) is 8.95. The molecule has 2 aliphatic rings. The summed E-state index contributed by atoms with van der Waals surface area (Å²) in [5, 5.41) is 0. The van der Waals surface area contributed by atoms with Crippen molar-refractivity contribution in [2.24, 2.45) is 0 Å². The maximum atomic E-state index is 12.7. The van der Waals surface area contributed by atoms with Crippen LogP contribution in [0.15, 0.2) is 15.8 Å². The Labute approximate surface area is 164 Å². The van der Waals surface area contributed by atoms with Gasteiger partial charge in [0, 0.05) is 18.2 Å². The van der Waals surface area contributed by atoms with E-state index < -0.39 is 37.5 Å². The van der Waals surface area contributed by atoms with Gasteiger partial charge in [0.2, 0.25) is 0 Å². The van der Waals surface area contributed by atoms with Crippen molar-refractivity contribution in [3.05, 3.63) is 32.6 Å². The zero-order valence-corrected chi connectivity index (χ0v) is 17.3. The fourth-order valence-corrected chi connectivity index (χ4v) is 4.85. The fraction of sp³-hybridized carbons (Fsp3) is 0.778. The number of unbranched alkanes of at least 4 members (excludes halogenated alkanes) is 5. The predicted molar refractivity (Wildman–Crippen MR) is 102 cm³/mol. The van der Waals surface area contributed by atoms with Crippen LogP contribution in [0, 0.1) is 6.92 Å². The first-order valence-electron chi connectivity index (χ1n) is 9.97. The molecule has 0 amide bonds. The number of hydrogen-bond acceptors (Lipinski definition) is 7. The normalized spacial score (nSPS) is 29.7. The highest BCUT2D eigenvalue weighted by Gasteiger charge is 2.47. The number of aromatic nitrogens is 2. The van der Waals surface area contributed by atoms with Crippen LogP contribution in [0.3, 0.4) is 0 Å². The number of nitrogens with one attached hydrogen (secondary N) is 1. The van der Waals surface area contributed by atoms with E-state index in [-0.39, 0.29) is 6.61 Å². The smallest absolute Gasteiger partial charge is 0.349 e. The van der Waals surface area contributed by atoms with Crippen LogP contribution in [-0.2, 0) is 22.9 Å². The highest BCUT2D eigenvalue weighted by atomic mass is 31.2. The summed E-state index contributed by atoms with van der Waals surface area (Å²) in [7, 11) is -3.62. The van der Waals surface area contributed by atoms with Crippen LogP contribution < -0.4 is 11.2 Å². The summed E-state index contributed by atoms with van der Waals surface area (Å²) in [5.74, 6) is 0. The van der Waals surface area contributed by atoms with Crippen LogP contribution in [0.1, 0.15) is 63.7 Å². The molecule has 3 rings (SSSR count). The summed E-state index contributed by atoms with van der Waals surface area (Å²) in [5.41, 5.74) is -0.574. The Morgan fingerprint density at radius 3 is 2.75 bits per heavy atom. The Balaban J connectivity index is 1.52. The van der Waals surface area contributed by atoms with E-state index in [1.165, 1.54) is 30.0 Å². The minimum Gasteiger partial charge on any atom is -0.349 e. The van der Waals surface area contributed by atoms with E-state index in [0.29, 0.717) is 18.6 Å². The number of phosphoric acid groups is 1. The van der Waals surface area contributed by atoms with E-state index >= 15 is 0 Å². The van der Waals surface area contributed by atoms with Gasteiger partial charge in [-0.25, -0.2) is 9.36 Å². The standard InChI is InChI=1S/C18H29N2O7P/c1-3-4-5-6-7-8-9-24-28(23)25-12-15-14(27-28)10-16(26-15)20-11-13(2)17(21)19-18(20)22/h11,14-16H,3-10,12H2,1-2H3,(H,19,21,22)/t14-,15+,16?,28?/m0/s1. The molecule has 0 radical (unpaired) electrons. The number of H-pyrrole nitrogens is 1. The predicted octanol–water partition coefficient (Wildman–Crippen LogP) is 3.03. The average Bonchev–Trinajstić information content (AvgIpc) is 3.06. The van der Waals surface area contributed by atoms with Crippen LogP contribution in [0.25, 0.3) is 0 Å². The topological polar surface area (TPSA) is 109 Å². The number of rotatable bonds is 9. The van der Waals surface area contributed by atoms with Crippen molar-refractivity contribution in [3.8, 4) is 0 Å². The lowest BCUT2D eigenvalue weighted by molar-refractivity contribution is -0.0723. The number of phosphoric ester groups is 1. The Morgan fingerprint density at radius 1 is 1.21 bits per heavy atom. The molecular weight excluding hydrogens is 387 g/mol. The average molecular weight is 416 g/mol. The second-order valence-electron chi connectivity index (χ2n) is 7.33. The summed E-state index contributed by atoms with van der Waals surface area (Å²) < 4.78 is 36.2. The van der Waals surface area contributed by atoms with Gasteiger partial charge in [-0.2, -0.15) is 0 Å². The van der Waals surface area contributed by atoms with E-state index in [1.807, 2.05) is 0 Å². The summed E-state index contributed by atoms with van der Waals surface area (Å²) in [4.78, 5) is 25.8. The Kier molecular flexibility index (Phi) is 7.28. The van der Waals surface area contributed by atoms with Crippen molar-refractivity contribution in [1.82, 2.24) is 9.55 Å². The molecule has 28 heavy (non-hydrogen) atoms. The molecule has 0 saturated carbocycles. The van der Waals surface area contributed by atoms with E-state index in [0.717, 1.165) is 19.3 Å². The van der Waals surface area contributed by atoms with Crippen molar-refractivity contribution in [2.45, 2.75) is 77.2 Å². The molecule has 3 heterocycles. The summed E-state index contributed by atoms with van der Waals surface area (Å²) in [6, 6.07) is 0. The van der Waals surface area contributed by atoms with Crippen LogP contribution in [0.2, 0.25) is 0 Å². The van der Waals surface area contributed by atoms with Gasteiger partial charge in [0.15, 0.2) is 0 Å². The molecule has 2 unspecified atom stereocenters. The molecule has 158 valence electrons. The van der Waals surface area contributed by atoms with Crippen LogP contribution in [0.5, 0.6) is 0 Å². The van der Waals surface area contributed by atoms with Gasteiger partial charge >= 0.3 is 13.5 Å². The molecule has 1 aromatic heterocycles. The third-order valence-corrected chi connectivity index (χ3v) is 6.54. The van der Waals surface area contributed by atoms with E-state index in [2.05, 4.69) is 11.9 Å². The molecule has 2 fully saturated rings. The first-order chi connectivity index (χ1) is 13.4. The minimum atomic E-state index is -3.62. The number of hydrogen-bond donors (Lipinski definition) is 1. The second kappa shape index (κ2) is 9.50. The summed E-state index contributed by atoms with van der Waals surface area (Å²) in [6.07, 6.45) is 6.82. The number of nitrogens with zero attached hydrogens (tertiary/aromatic N) is 1. The van der Waals surface area contributed by atoms with Crippen molar-refractivity contribution in [1.29, 1.82) is 0 Å². The highest BCUT2D eigenvalue weighted by Crippen LogP contribution is 2.56. The lowest BCUT2D eigenvalue weighted by Gasteiger charge is -2.29. The first-order valence-corrected chi connectivity index (χ1v) is 11.4. The maximum Gasteiger partial charge on any atom is 0.475 e. The molecule has 0 aliphatic carbocycles. The molecular formula is C18H29N2O7P. The monoisotopic (exact) mass is 416 g/mol. The molecule has 9 nitrogen and oxygen atoms in total. The zero-order chi connectivity index (χ0) is 20.1. The van der Waals surface area contributed by atoms with Crippen molar-refractivity contribution in [2.75, 3.05) is 13.2 Å². The van der Waals surface area contributed by atoms with Crippen molar-refractivity contribution >= 4 is 7.82 Å². The van der Waals surface area contributed by atoms with Gasteiger partial charge in [-0.3, -0.25) is 27.9 Å².